The number of ketones is 1. The molecule has 1 aromatic rings. The summed E-state index contributed by atoms with van der Waals surface area (Å²) in [6.45, 7) is 1.72. The van der Waals surface area contributed by atoms with Crippen LogP contribution in [0, 0.1) is 5.92 Å². The Morgan fingerprint density at radius 1 is 1.37 bits per heavy atom. The van der Waals surface area contributed by atoms with E-state index in [-0.39, 0.29) is 17.6 Å². The molecule has 100 valence electrons. The lowest BCUT2D eigenvalue weighted by atomic mass is 9.92. The number of aryl methyl sites for hydroxylation is 1. The summed E-state index contributed by atoms with van der Waals surface area (Å²) in [6, 6.07) is 5.73. The molecule has 2 heterocycles. The number of benzene rings is 1. The second-order valence-electron chi connectivity index (χ2n) is 5.35. The van der Waals surface area contributed by atoms with Gasteiger partial charge in [0.25, 0.3) is 0 Å². The molecule has 1 aromatic carbocycles. The predicted octanol–water partition coefficient (Wildman–Crippen LogP) is 1.39. The fraction of sp³-hybridized carbons (Fsp3) is 0.467. The minimum atomic E-state index is 0.112. The number of fused-ring (bicyclic) bond motifs is 1. The first-order chi connectivity index (χ1) is 9.16. The molecule has 1 saturated heterocycles. The van der Waals surface area contributed by atoms with E-state index in [1.165, 1.54) is 0 Å². The lowest BCUT2D eigenvalue weighted by molar-refractivity contribution is -0.118. The van der Waals surface area contributed by atoms with E-state index in [1.807, 2.05) is 18.2 Å². The molecule has 2 aliphatic rings. The maximum Gasteiger partial charge on any atom is 0.227 e. The fourth-order valence-corrected chi connectivity index (χ4v) is 2.92. The predicted molar refractivity (Wildman–Crippen MR) is 73.5 cm³/mol. The van der Waals surface area contributed by atoms with Crippen molar-refractivity contribution in [1.82, 2.24) is 5.32 Å². The lowest BCUT2D eigenvalue weighted by Crippen LogP contribution is -2.31. The molecule has 1 amide bonds. The van der Waals surface area contributed by atoms with Crippen LogP contribution in [0.2, 0.25) is 0 Å². The van der Waals surface area contributed by atoms with Gasteiger partial charge in [-0.2, -0.15) is 0 Å². The number of Topliss-reactive ketones (excluding diaryl/α,β-unsaturated/α-hetero) is 1. The van der Waals surface area contributed by atoms with Crippen LogP contribution in [0.1, 0.15) is 28.8 Å². The maximum atomic E-state index is 12.4. The summed E-state index contributed by atoms with van der Waals surface area (Å²) in [5.74, 6) is 0.486. The molecular formula is C15H18N2O2. The molecule has 4 heteroatoms. The molecule has 0 bridgehead atoms. The highest BCUT2D eigenvalue weighted by Crippen LogP contribution is 2.28. The van der Waals surface area contributed by atoms with E-state index in [2.05, 4.69) is 5.32 Å². The van der Waals surface area contributed by atoms with Crippen molar-refractivity contribution in [2.45, 2.75) is 19.3 Å². The summed E-state index contributed by atoms with van der Waals surface area (Å²) in [5, 5.41) is 3.22. The second kappa shape index (κ2) is 4.78. The maximum absolute atomic E-state index is 12.4. The molecule has 0 aliphatic carbocycles. The van der Waals surface area contributed by atoms with Crippen LogP contribution < -0.4 is 10.2 Å². The van der Waals surface area contributed by atoms with Crippen LogP contribution in [0.15, 0.2) is 18.2 Å². The van der Waals surface area contributed by atoms with E-state index < -0.39 is 0 Å². The van der Waals surface area contributed by atoms with E-state index in [0.29, 0.717) is 6.42 Å². The van der Waals surface area contributed by atoms with Gasteiger partial charge in [-0.1, -0.05) is 0 Å². The molecule has 0 saturated carbocycles. The minimum Gasteiger partial charge on any atom is -0.316 e. The van der Waals surface area contributed by atoms with E-state index in [1.54, 1.807) is 11.9 Å². The Bertz CT molecular complexity index is 533. The van der Waals surface area contributed by atoms with Crippen LogP contribution in [0.4, 0.5) is 5.69 Å². The van der Waals surface area contributed by atoms with Gasteiger partial charge in [0.1, 0.15) is 0 Å². The molecular weight excluding hydrogens is 240 g/mol. The first-order valence-electron chi connectivity index (χ1n) is 6.81. The highest BCUT2D eigenvalue weighted by Gasteiger charge is 2.26. The molecule has 2 aliphatic heterocycles. The highest BCUT2D eigenvalue weighted by atomic mass is 16.2. The number of amides is 1. The van der Waals surface area contributed by atoms with E-state index in [0.717, 1.165) is 42.7 Å². The van der Waals surface area contributed by atoms with Crippen molar-refractivity contribution < 1.29 is 9.59 Å². The van der Waals surface area contributed by atoms with Crippen molar-refractivity contribution in [3.8, 4) is 0 Å². The van der Waals surface area contributed by atoms with Gasteiger partial charge in [-0.05, 0) is 43.1 Å². The number of hydrogen-bond acceptors (Lipinski definition) is 3. The Hall–Kier alpha value is -1.68. The van der Waals surface area contributed by atoms with Crippen molar-refractivity contribution >= 4 is 17.4 Å². The number of rotatable bonds is 2. The SMILES string of the molecule is CN1C(=O)CCc2cc(C(=O)C3CCNC3)ccc21. The zero-order chi connectivity index (χ0) is 13.4. The first-order valence-corrected chi connectivity index (χ1v) is 6.81. The van der Waals surface area contributed by atoms with Gasteiger partial charge in [-0.15, -0.1) is 0 Å². The van der Waals surface area contributed by atoms with Gasteiger partial charge in [0, 0.05) is 37.2 Å². The Morgan fingerprint density at radius 2 is 2.21 bits per heavy atom. The Balaban J connectivity index is 1.89. The molecule has 0 radical (unpaired) electrons. The number of hydrogen-bond donors (Lipinski definition) is 1. The van der Waals surface area contributed by atoms with Crippen LogP contribution in [0.25, 0.3) is 0 Å². The largest absolute Gasteiger partial charge is 0.316 e. The normalized spacial score (nSPS) is 22.5. The number of anilines is 1. The highest BCUT2D eigenvalue weighted by molar-refractivity contribution is 6.00. The Morgan fingerprint density at radius 3 is 2.95 bits per heavy atom. The van der Waals surface area contributed by atoms with Gasteiger partial charge < -0.3 is 10.2 Å². The van der Waals surface area contributed by atoms with Gasteiger partial charge in [-0.25, -0.2) is 0 Å². The summed E-state index contributed by atoms with van der Waals surface area (Å²) in [7, 11) is 1.79. The standard InChI is InChI=1S/C15H18N2O2/c1-17-13-4-2-11(8-10(13)3-5-14(17)18)15(19)12-6-7-16-9-12/h2,4,8,12,16H,3,5-7,9H2,1H3. The molecule has 3 rings (SSSR count). The van der Waals surface area contributed by atoms with Crippen molar-refractivity contribution in [3.05, 3.63) is 29.3 Å². The topological polar surface area (TPSA) is 49.4 Å². The fourth-order valence-electron chi connectivity index (χ4n) is 2.92. The molecule has 1 unspecified atom stereocenters. The molecule has 1 N–H and O–H groups in total. The zero-order valence-electron chi connectivity index (χ0n) is 11.1. The van der Waals surface area contributed by atoms with E-state index in [9.17, 15) is 9.59 Å². The van der Waals surface area contributed by atoms with Crippen molar-refractivity contribution in [2.24, 2.45) is 5.92 Å². The third-order valence-electron chi connectivity index (χ3n) is 4.14. The van der Waals surface area contributed by atoms with Crippen LogP contribution in [-0.2, 0) is 11.2 Å². The van der Waals surface area contributed by atoms with Crippen molar-refractivity contribution in [2.75, 3.05) is 25.0 Å². The molecule has 1 fully saturated rings. The summed E-state index contributed by atoms with van der Waals surface area (Å²) in [5.41, 5.74) is 2.84. The molecule has 1 atom stereocenters. The summed E-state index contributed by atoms with van der Waals surface area (Å²) in [6.07, 6.45) is 2.20. The summed E-state index contributed by atoms with van der Waals surface area (Å²) >= 11 is 0. The average Bonchev–Trinajstić information content (AvgIpc) is 2.96. The molecule has 4 nitrogen and oxygen atoms in total. The Labute approximate surface area is 112 Å². The molecule has 19 heavy (non-hydrogen) atoms. The zero-order valence-corrected chi connectivity index (χ0v) is 11.1. The number of nitrogens with one attached hydrogen (secondary N) is 1. The van der Waals surface area contributed by atoms with Gasteiger partial charge >= 0.3 is 0 Å². The van der Waals surface area contributed by atoms with Crippen LogP contribution in [0.3, 0.4) is 0 Å². The molecule has 0 spiro atoms. The molecule has 0 aromatic heterocycles. The van der Waals surface area contributed by atoms with Gasteiger partial charge in [0.2, 0.25) is 5.91 Å². The van der Waals surface area contributed by atoms with E-state index >= 15 is 0 Å². The van der Waals surface area contributed by atoms with Crippen molar-refractivity contribution in [1.29, 1.82) is 0 Å². The smallest absolute Gasteiger partial charge is 0.227 e. The van der Waals surface area contributed by atoms with Gasteiger partial charge in [-0.3, -0.25) is 9.59 Å². The first kappa shape index (κ1) is 12.4. The number of nitrogens with zero attached hydrogens (tertiary/aromatic N) is 1. The summed E-state index contributed by atoms with van der Waals surface area (Å²) < 4.78 is 0. The second-order valence-corrected chi connectivity index (χ2v) is 5.35. The van der Waals surface area contributed by atoms with Gasteiger partial charge in [0.15, 0.2) is 5.78 Å². The van der Waals surface area contributed by atoms with Gasteiger partial charge in [0.05, 0.1) is 0 Å². The van der Waals surface area contributed by atoms with Crippen molar-refractivity contribution in [3.63, 3.8) is 0 Å². The quantitative estimate of drug-likeness (QED) is 0.815. The number of carbonyl (C=O) groups excluding carboxylic acids is 2. The summed E-state index contributed by atoms with van der Waals surface area (Å²) in [4.78, 5) is 25.7. The average molecular weight is 258 g/mol. The third kappa shape index (κ3) is 2.16. The Kier molecular flexibility index (Phi) is 3.11. The number of carbonyl (C=O) groups is 2. The minimum absolute atomic E-state index is 0.112. The van der Waals surface area contributed by atoms with E-state index in [4.69, 9.17) is 0 Å². The van der Waals surface area contributed by atoms with Crippen LogP contribution in [-0.4, -0.2) is 31.8 Å². The monoisotopic (exact) mass is 258 g/mol. The van der Waals surface area contributed by atoms with Crippen LogP contribution in [0.5, 0.6) is 0 Å². The third-order valence-corrected chi connectivity index (χ3v) is 4.14. The lowest BCUT2D eigenvalue weighted by Gasteiger charge is -2.26. The van der Waals surface area contributed by atoms with Crippen LogP contribution >= 0.6 is 0 Å².